The highest BCUT2D eigenvalue weighted by molar-refractivity contribution is 6.23. The Morgan fingerprint density at radius 3 is 1.52 bits per heavy atom. The quantitative estimate of drug-likeness (QED) is 0.128. The number of rotatable bonds is 4. The van der Waals surface area contributed by atoms with Gasteiger partial charge >= 0.3 is 0 Å². The zero-order chi connectivity index (χ0) is 35.6. The minimum absolute atomic E-state index is 1.21. The average Bonchev–Trinajstić information content (AvgIpc) is 3.24. The Morgan fingerprint density at radius 1 is 0.185 bits per heavy atom. The standard InChI is InChI=1S/C54H34/c1-2-15-37-31-42(28-27-35(37)13-1)53-48-24-9-10-25-49(48)54(52-34-40(29-30-50(52)53)44-26-12-17-36-14-3-5-20-43(36)44)41-19-11-18-38(32-41)51-33-39-16-4-6-21-45(39)46-22-7-8-23-47(46)51/h1-34H. The predicted molar refractivity (Wildman–Crippen MR) is 233 cm³/mol. The van der Waals surface area contributed by atoms with Crippen LogP contribution in [0.5, 0.6) is 0 Å². The van der Waals surface area contributed by atoms with Crippen LogP contribution in [0.4, 0.5) is 0 Å². The van der Waals surface area contributed by atoms with Crippen LogP contribution in [0, 0.1) is 0 Å². The Morgan fingerprint density at radius 2 is 0.704 bits per heavy atom. The van der Waals surface area contributed by atoms with Crippen molar-refractivity contribution in [1.29, 1.82) is 0 Å². The molecule has 0 aromatic heterocycles. The maximum atomic E-state index is 2.45. The molecule has 11 aromatic carbocycles. The van der Waals surface area contributed by atoms with E-state index in [0.29, 0.717) is 0 Å². The minimum atomic E-state index is 1.21. The summed E-state index contributed by atoms with van der Waals surface area (Å²) in [7, 11) is 0. The van der Waals surface area contributed by atoms with Crippen LogP contribution in [0.25, 0.3) is 109 Å². The van der Waals surface area contributed by atoms with E-state index in [1.165, 1.54) is 109 Å². The molecule has 11 rings (SSSR count). The van der Waals surface area contributed by atoms with Crippen molar-refractivity contribution in [3.05, 3.63) is 206 Å². The lowest BCUT2D eigenvalue weighted by Crippen LogP contribution is -1.93. The topological polar surface area (TPSA) is 0 Å². The van der Waals surface area contributed by atoms with Crippen molar-refractivity contribution in [2.75, 3.05) is 0 Å². The zero-order valence-electron chi connectivity index (χ0n) is 29.6. The van der Waals surface area contributed by atoms with E-state index >= 15 is 0 Å². The highest BCUT2D eigenvalue weighted by Gasteiger charge is 2.19. The second-order valence-electron chi connectivity index (χ2n) is 14.4. The normalized spacial score (nSPS) is 11.7. The second kappa shape index (κ2) is 12.3. The Kier molecular flexibility index (Phi) is 6.97. The van der Waals surface area contributed by atoms with Crippen molar-refractivity contribution in [2.24, 2.45) is 0 Å². The van der Waals surface area contributed by atoms with Crippen LogP contribution >= 0.6 is 0 Å². The van der Waals surface area contributed by atoms with Gasteiger partial charge in [-0.25, -0.2) is 0 Å². The van der Waals surface area contributed by atoms with E-state index in [0.717, 1.165) is 0 Å². The van der Waals surface area contributed by atoms with Gasteiger partial charge in [0, 0.05) is 0 Å². The summed E-state index contributed by atoms with van der Waals surface area (Å²) in [5.41, 5.74) is 9.92. The van der Waals surface area contributed by atoms with Crippen LogP contribution in [0.15, 0.2) is 206 Å². The summed E-state index contributed by atoms with van der Waals surface area (Å²) < 4.78 is 0. The first kappa shape index (κ1) is 30.6. The van der Waals surface area contributed by atoms with Crippen molar-refractivity contribution in [1.82, 2.24) is 0 Å². The minimum Gasteiger partial charge on any atom is -0.0616 e. The SMILES string of the molecule is c1cc(-c2c3ccccc3c(-c3ccc4ccccc4c3)c3ccc(-c4cccc5ccccc45)cc23)cc(-c2cc3ccccc3c3ccccc23)c1. The Balaban J connectivity index is 1.23. The van der Waals surface area contributed by atoms with Crippen LogP contribution < -0.4 is 0 Å². The highest BCUT2D eigenvalue weighted by atomic mass is 14.2. The maximum absolute atomic E-state index is 2.45. The summed E-state index contributed by atoms with van der Waals surface area (Å²) in [6.07, 6.45) is 0. The first-order valence-corrected chi connectivity index (χ1v) is 18.8. The van der Waals surface area contributed by atoms with Crippen LogP contribution in [-0.4, -0.2) is 0 Å². The molecule has 54 heavy (non-hydrogen) atoms. The van der Waals surface area contributed by atoms with E-state index in [9.17, 15) is 0 Å². The van der Waals surface area contributed by atoms with E-state index in [1.807, 2.05) is 0 Å². The van der Waals surface area contributed by atoms with Crippen LogP contribution in [0.3, 0.4) is 0 Å². The summed E-state index contributed by atoms with van der Waals surface area (Å²) >= 11 is 0. The lowest BCUT2D eigenvalue weighted by molar-refractivity contribution is 1.63. The molecule has 0 amide bonds. The molecule has 0 nitrogen and oxygen atoms in total. The van der Waals surface area contributed by atoms with Crippen molar-refractivity contribution >= 4 is 64.6 Å². The molecular weight excluding hydrogens is 649 g/mol. The van der Waals surface area contributed by atoms with Crippen molar-refractivity contribution in [2.45, 2.75) is 0 Å². The molecule has 0 unspecified atom stereocenters. The Bertz CT molecular complexity index is 3270. The molecule has 0 aliphatic carbocycles. The highest BCUT2D eigenvalue weighted by Crippen LogP contribution is 2.47. The molecule has 0 atom stereocenters. The lowest BCUT2D eigenvalue weighted by Gasteiger charge is -2.20. The maximum Gasteiger partial charge on any atom is -0.00259 e. The Labute approximate surface area is 314 Å². The molecule has 250 valence electrons. The van der Waals surface area contributed by atoms with Gasteiger partial charge in [0.05, 0.1) is 0 Å². The molecule has 0 spiro atoms. The summed E-state index contributed by atoms with van der Waals surface area (Å²) in [5.74, 6) is 0. The predicted octanol–water partition coefficient (Wildman–Crippen LogP) is 15.3. The van der Waals surface area contributed by atoms with E-state index in [4.69, 9.17) is 0 Å². The first-order chi connectivity index (χ1) is 26.8. The molecule has 0 radical (unpaired) electrons. The molecule has 0 saturated carbocycles. The van der Waals surface area contributed by atoms with Crippen LogP contribution in [-0.2, 0) is 0 Å². The summed E-state index contributed by atoms with van der Waals surface area (Å²) in [6, 6.07) is 76.3. The van der Waals surface area contributed by atoms with Crippen molar-refractivity contribution in [3.63, 3.8) is 0 Å². The molecule has 0 aliphatic heterocycles. The van der Waals surface area contributed by atoms with Gasteiger partial charge in [-0.1, -0.05) is 182 Å². The number of hydrogen-bond donors (Lipinski definition) is 0. The molecule has 0 N–H and O–H groups in total. The number of hydrogen-bond acceptors (Lipinski definition) is 0. The third-order valence-corrected chi connectivity index (χ3v) is 11.4. The van der Waals surface area contributed by atoms with Crippen molar-refractivity contribution < 1.29 is 0 Å². The Hall–Kier alpha value is -7.02. The molecule has 0 aliphatic rings. The summed E-state index contributed by atoms with van der Waals surface area (Å²) in [4.78, 5) is 0. The third kappa shape index (κ3) is 4.85. The number of fused-ring (bicyclic) bond motifs is 7. The second-order valence-corrected chi connectivity index (χ2v) is 14.4. The van der Waals surface area contributed by atoms with Gasteiger partial charge in [-0.3, -0.25) is 0 Å². The lowest BCUT2D eigenvalue weighted by atomic mass is 9.83. The zero-order valence-corrected chi connectivity index (χ0v) is 29.6. The van der Waals surface area contributed by atoms with E-state index in [2.05, 4.69) is 206 Å². The smallest absolute Gasteiger partial charge is 0.00259 e. The molecular formula is C54H34. The van der Waals surface area contributed by atoms with Crippen LogP contribution in [0.1, 0.15) is 0 Å². The van der Waals surface area contributed by atoms with Gasteiger partial charge < -0.3 is 0 Å². The average molecular weight is 683 g/mol. The van der Waals surface area contributed by atoms with Crippen molar-refractivity contribution in [3.8, 4) is 44.5 Å². The molecule has 0 bridgehead atoms. The number of benzene rings is 11. The van der Waals surface area contributed by atoms with E-state index in [-0.39, 0.29) is 0 Å². The van der Waals surface area contributed by atoms with Gasteiger partial charge in [0.25, 0.3) is 0 Å². The molecule has 0 saturated heterocycles. The van der Waals surface area contributed by atoms with E-state index in [1.54, 1.807) is 0 Å². The van der Waals surface area contributed by atoms with Crippen LogP contribution in [0.2, 0.25) is 0 Å². The fourth-order valence-electron chi connectivity index (χ4n) is 8.93. The summed E-state index contributed by atoms with van der Waals surface area (Å²) in [5, 5.41) is 15.1. The van der Waals surface area contributed by atoms with Gasteiger partial charge in [-0.15, -0.1) is 0 Å². The van der Waals surface area contributed by atoms with Gasteiger partial charge in [0.15, 0.2) is 0 Å². The summed E-state index contributed by atoms with van der Waals surface area (Å²) in [6.45, 7) is 0. The first-order valence-electron chi connectivity index (χ1n) is 18.8. The molecule has 0 heterocycles. The monoisotopic (exact) mass is 682 g/mol. The fraction of sp³-hybridized carbons (Fsp3) is 0. The largest absolute Gasteiger partial charge is 0.0616 e. The van der Waals surface area contributed by atoms with Gasteiger partial charge in [-0.2, -0.15) is 0 Å². The van der Waals surface area contributed by atoms with Gasteiger partial charge in [0.2, 0.25) is 0 Å². The van der Waals surface area contributed by atoms with E-state index < -0.39 is 0 Å². The molecule has 0 fully saturated rings. The van der Waals surface area contributed by atoms with Gasteiger partial charge in [0.1, 0.15) is 0 Å². The third-order valence-electron chi connectivity index (χ3n) is 11.4. The molecule has 11 aromatic rings. The van der Waals surface area contributed by atoms with Gasteiger partial charge in [-0.05, 0) is 133 Å². The fourth-order valence-corrected chi connectivity index (χ4v) is 8.93. The molecule has 0 heteroatoms.